The number of carbonyl (C=O) groups is 2. The smallest absolute Gasteiger partial charge is 0.253 e. The zero-order valence-electron chi connectivity index (χ0n) is 17.1. The molecule has 0 unspecified atom stereocenters. The number of nitrogens with zero attached hydrogens (tertiary/aromatic N) is 3. The van der Waals surface area contributed by atoms with Crippen molar-refractivity contribution in [3.8, 4) is 5.75 Å². The number of hydrogen-bond acceptors (Lipinski definition) is 5. The van der Waals surface area contributed by atoms with Crippen molar-refractivity contribution in [2.24, 2.45) is 0 Å². The third-order valence-electron chi connectivity index (χ3n) is 5.51. The molecule has 2 amide bonds. The Balaban J connectivity index is 1.36. The molecule has 0 radical (unpaired) electrons. The molecule has 1 aromatic carbocycles. The highest BCUT2D eigenvalue weighted by atomic mass is 16.5. The molecular weight excluding hydrogens is 370 g/mol. The minimum absolute atomic E-state index is 0.0444. The van der Waals surface area contributed by atoms with Crippen LogP contribution in [0.15, 0.2) is 24.3 Å². The van der Waals surface area contributed by atoms with Crippen molar-refractivity contribution in [3.63, 3.8) is 0 Å². The molecule has 1 saturated carbocycles. The van der Waals surface area contributed by atoms with Crippen LogP contribution in [-0.2, 0) is 11.3 Å². The molecule has 8 nitrogen and oxygen atoms in total. The summed E-state index contributed by atoms with van der Waals surface area (Å²) in [5.41, 5.74) is 3.43. The summed E-state index contributed by atoms with van der Waals surface area (Å²) in [6.45, 7) is 0.863. The Labute approximate surface area is 170 Å². The third kappa shape index (κ3) is 4.21. The Bertz CT molecular complexity index is 919. The lowest BCUT2D eigenvalue weighted by Gasteiger charge is -2.35. The molecule has 1 aliphatic carbocycles. The van der Waals surface area contributed by atoms with Gasteiger partial charge in [-0.1, -0.05) is 0 Å². The number of amides is 2. The average Bonchev–Trinajstić information content (AvgIpc) is 3.46. The first-order valence-electron chi connectivity index (χ1n) is 9.94. The fourth-order valence-corrected chi connectivity index (χ4v) is 3.53. The highest BCUT2D eigenvalue weighted by Gasteiger charge is 2.28. The highest BCUT2D eigenvalue weighted by Crippen LogP contribution is 2.39. The number of anilines is 1. The van der Waals surface area contributed by atoms with Crippen LogP contribution < -0.4 is 15.0 Å². The standard InChI is InChI=1S/C21H27N5O3/c1-25(2)21(28)14-6-7-19-18(8-14)26(3)16(12-29-19)10-20(27)22-11-15-9-17(24-23-15)13-4-5-13/h6-9,13,16H,4-5,10-12H2,1-3H3,(H,22,27)(H,23,24)/t16-/m0/s1. The van der Waals surface area contributed by atoms with Gasteiger partial charge in [0, 0.05) is 32.6 Å². The van der Waals surface area contributed by atoms with Gasteiger partial charge in [0.25, 0.3) is 5.91 Å². The third-order valence-corrected chi connectivity index (χ3v) is 5.51. The number of benzene rings is 1. The van der Waals surface area contributed by atoms with Gasteiger partial charge in [0.15, 0.2) is 0 Å². The maximum absolute atomic E-state index is 12.5. The molecule has 29 heavy (non-hydrogen) atoms. The molecule has 8 heteroatoms. The number of ether oxygens (including phenoxy) is 1. The lowest BCUT2D eigenvalue weighted by atomic mass is 10.1. The SMILES string of the molecule is CN(C)C(=O)c1ccc2c(c1)N(C)[C@@H](CC(=O)NCc1cc(C3CC3)n[nH]1)CO2. The molecule has 2 N–H and O–H groups in total. The summed E-state index contributed by atoms with van der Waals surface area (Å²) in [7, 11) is 5.38. The second kappa shape index (κ2) is 7.77. The maximum atomic E-state index is 12.5. The Hall–Kier alpha value is -3.03. The van der Waals surface area contributed by atoms with Crippen molar-refractivity contribution >= 4 is 17.5 Å². The molecule has 4 rings (SSSR count). The second-order valence-corrected chi connectivity index (χ2v) is 8.03. The number of likely N-dealkylation sites (N-methyl/N-ethyl adjacent to an activating group) is 1. The molecule has 0 spiro atoms. The van der Waals surface area contributed by atoms with E-state index in [1.807, 2.05) is 30.1 Å². The van der Waals surface area contributed by atoms with Crippen molar-refractivity contribution in [1.82, 2.24) is 20.4 Å². The summed E-state index contributed by atoms with van der Waals surface area (Å²) in [5, 5.41) is 10.3. The number of hydrogen-bond donors (Lipinski definition) is 2. The Morgan fingerprint density at radius 1 is 1.31 bits per heavy atom. The molecule has 1 aliphatic heterocycles. The van der Waals surface area contributed by atoms with Crippen molar-refractivity contribution < 1.29 is 14.3 Å². The van der Waals surface area contributed by atoms with Crippen LogP contribution in [-0.4, -0.2) is 60.7 Å². The van der Waals surface area contributed by atoms with Crippen molar-refractivity contribution in [2.45, 2.75) is 37.8 Å². The number of H-pyrrole nitrogens is 1. The maximum Gasteiger partial charge on any atom is 0.253 e. The highest BCUT2D eigenvalue weighted by molar-refractivity contribution is 5.95. The molecule has 2 aliphatic rings. The van der Waals surface area contributed by atoms with Crippen LogP contribution in [0, 0.1) is 0 Å². The number of aromatic nitrogens is 2. The molecule has 1 fully saturated rings. The number of nitrogens with one attached hydrogen (secondary N) is 2. The molecule has 154 valence electrons. The van der Waals surface area contributed by atoms with E-state index in [1.165, 1.54) is 12.8 Å². The van der Waals surface area contributed by atoms with Gasteiger partial charge in [-0.05, 0) is 37.1 Å². The fraction of sp³-hybridized carbons (Fsp3) is 0.476. The largest absolute Gasteiger partial charge is 0.489 e. The van der Waals surface area contributed by atoms with Gasteiger partial charge in [-0.25, -0.2) is 0 Å². The van der Waals surface area contributed by atoms with E-state index in [2.05, 4.69) is 15.5 Å². The zero-order chi connectivity index (χ0) is 20.5. The number of fused-ring (bicyclic) bond motifs is 1. The van der Waals surface area contributed by atoms with Gasteiger partial charge in [-0.2, -0.15) is 5.10 Å². The number of aromatic amines is 1. The topological polar surface area (TPSA) is 90.6 Å². The van der Waals surface area contributed by atoms with Gasteiger partial charge in [0.2, 0.25) is 5.91 Å². The molecular formula is C21H27N5O3. The van der Waals surface area contributed by atoms with E-state index in [-0.39, 0.29) is 17.9 Å². The molecule has 0 bridgehead atoms. The van der Waals surface area contributed by atoms with E-state index < -0.39 is 0 Å². The number of carbonyl (C=O) groups excluding carboxylic acids is 2. The summed E-state index contributed by atoms with van der Waals surface area (Å²) in [4.78, 5) is 28.3. The first-order valence-corrected chi connectivity index (χ1v) is 9.94. The second-order valence-electron chi connectivity index (χ2n) is 8.03. The van der Waals surface area contributed by atoms with E-state index in [0.29, 0.717) is 31.1 Å². The minimum atomic E-state index is -0.101. The van der Waals surface area contributed by atoms with Crippen LogP contribution in [0.1, 0.15) is 46.9 Å². The summed E-state index contributed by atoms with van der Waals surface area (Å²) < 4.78 is 5.84. The molecule has 1 aromatic heterocycles. The lowest BCUT2D eigenvalue weighted by Crippen LogP contribution is -2.43. The van der Waals surface area contributed by atoms with Crippen LogP contribution in [0.2, 0.25) is 0 Å². The molecule has 2 heterocycles. The predicted molar refractivity (Wildman–Crippen MR) is 109 cm³/mol. The Morgan fingerprint density at radius 3 is 2.83 bits per heavy atom. The van der Waals surface area contributed by atoms with Crippen LogP contribution in [0.25, 0.3) is 0 Å². The first-order chi connectivity index (χ1) is 13.9. The minimum Gasteiger partial charge on any atom is -0.489 e. The predicted octanol–water partition coefficient (Wildman–Crippen LogP) is 1.89. The van der Waals surface area contributed by atoms with E-state index in [0.717, 1.165) is 22.8 Å². The normalized spacial score (nSPS) is 18.0. The summed E-state index contributed by atoms with van der Waals surface area (Å²) in [5.74, 6) is 1.21. The summed E-state index contributed by atoms with van der Waals surface area (Å²) in [6, 6.07) is 7.34. The summed E-state index contributed by atoms with van der Waals surface area (Å²) >= 11 is 0. The van der Waals surface area contributed by atoms with E-state index in [4.69, 9.17) is 4.74 Å². The average molecular weight is 397 g/mol. The van der Waals surface area contributed by atoms with Gasteiger partial charge >= 0.3 is 0 Å². The zero-order valence-corrected chi connectivity index (χ0v) is 17.1. The van der Waals surface area contributed by atoms with Gasteiger partial charge in [0.05, 0.1) is 36.1 Å². The van der Waals surface area contributed by atoms with Crippen LogP contribution in [0.3, 0.4) is 0 Å². The van der Waals surface area contributed by atoms with Crippen molar-refractivity contribution in [1.29, 1.82) is 0 Å². The van der Waals surface area contributed by atoms with Gasteiger partial charge < -0.3 is 19.9 Å². The fourth-order valence-electron chi connectivity index (χ4n) is 3.53. The molecule has 2 aromatic rings. The first kappa shape index (κ1) is 19.3. The van der Waals surface area contributed by atoms with Gasteiger partial charge in [-0.3, -0.25) is 14.7 Å². The van der Waals surface area contributed by atoms with Crippen molar-refractivity contribution in [3.05, 3.63) is 41.2 Å². The van der Waals surface area contributed by atoms with Crippen LogP contribution >= 0.6 is 0 Å². The lowest BCUT2D eigenvalue weighted by molar-refractivity contribution is -0.121. The van der Waals surface area contributed by atoms with Crippen LogP contribution in [0.5, 0.6) is 5.75 Å². The van der Waals surface area contributed by atoms with E-state index in [9.17, 15) is 9.59 Å². The van der Waals surface area contributed by atoms with E-state index in [1.54, 1.807) is 25.1 Å². The monoisotopic (exact) mass is 397 g/mol. The number of rotatable bonds is 6. The Morgan fingerprint density at radius 2 is 2.10 bits per heavy atom. The Kier molecular flexibility index (Phi) is 5.17. The molecule has 0 saturated heterocycles. The quantitative estimate of drug-likeness (QED) is 0.777. The van der Waals surface area contributed by atoms with E-state index >= 15 is 0 Å². The molecule has 1 atom stereocenters. The van der Waals surface area contributed by atoms with Gasteiger partial charge in [-0.15, -0.1) is 0 Å². The van der Waals surface area contributed by atoms with Crippen LogP contribution in [0.4, 0.5) is 5.69 Å². The van der Waals surface area contributed by atoms with Crippen molar-refractivity contribution in [2.75, 3.05) is 32.6 Å². The van der Waals surface area contributed by atoms with Gasteiger partial charge in [0.1, 0.15) is 12.4 Å². The summed E-state index contributed by atoms with van der Waals surface area (Å²) in [6.07, 6.45) is 2.72.